The molecule has 18 heavy (non-hydrogen) atoms. The molecule has 1 heterocycles. The maximum absolute atomic E-state index is 11.8. The van der Waals surface area contributed by atoms with Crippen LogP contribution in [0.2, 0.25) is 0 Å². The Morgan fingerprint density at radius 3 is 2.56 bits per heavy atom. The summed E-state index contributed by atoms with van der Waals surface area (Å²) >= 11 is 0. The molecule has 1 aromatic rings. The van der Waals surface area contributed by atoms with E-state index in [-0.39, 0.29) is 18.1 Å². The molecule has 0 bridgehead atoms. The van der Waals surface area contributed by atoms with Gasteiger partial charge in [0.25, 0.3) is 0 Å². The van der Waals surface area contributed by atoms with Crippen molar-refractivity contribution in [2.45, 2.75) is 39.8 Å². The lowest BCUT2D eigenvalue weighted by Crippen LogP contribution is -2.38. The van der Waals surface area contributed by atoms with Gasteiger partial charge in [-0.2, -0.15) is 4.99 Å². The molecule has 0 aliphatic carbocycles. The molecular formula is C14H19N3O. The van der Waals surface area contributed by atoms with Gasteiger partial charge < -0.3 is 10.6 Å². The Morgan fingerprint density at radius 1 is 1.33 bits per heavy atom. The predicted molar refractivity (Wildman–Crippen MR) is 72.7 cm³/mol. The Balaban J connectivity index is 2.48. The number of hydrogen-bond acceptors (Lipinski definition) is 2. The van der Waals surface area contributed by atoms with Crippen molar-refractivity contribution >= 4 is 11.9 Å². The van der Waals surface area contributed by atoms with Crippen LogP contribution in [0.5, 0.6) is 0 Å². The van der Waals surface area contributed by atoms with E-state index in [1.807, 2.05) is 39.8 Å². The maximum atomic E-state index is 11.8. The number of benzene rings is 1. The molecule has 4 nitrogen and oxygen atoms in total. The molecule has 96 valence electrons. The van der Waals surface area contributed by atoms with Crippen LogP contribution in [0.25, 0.3) is 0 Å². The van der Waals surface area contributed by atoms with Gasteiger partial charge in [0.1, 0.15) is 11.9 Å². The van der Waals surface area contributed by atoms with Crippen molar-refractivity contribution < 1.29 is 4.79 Å². The number of rotatable bonds is 2. The Labute approximate surface area is 108 Å². The summed E-state index contributed by atoms with van der Waals surface area (Å²) in [6.07, 6.45) is 0. The largest absolute Gasteiger partial charge is 0.385 e. The normalized spacial score (nSPS) is 19.6. The second kappa shape index (κ2) is 4.44. The number of aliphatic imine (C=N–C) groups is 1. The molecule has 4 heteroatoms. The summed E-state index contributed by atoms with van der Waals surface area (Å²) < 4.78 is 0. The second-order valence-electron chi connectivity index (χ2n) is 5.08. The summed E-state index contributed by atoms with van der Waals surface area (Å²) in [4.78, 5) is 17.5. The fourth-order valence-corrected chi connectivity index (χ4v) is 2.44. The van der Waals surface area contributed by atoms with E-state index in [0.29, 0.717) is 5.84 Å². The van der Waals surface area contributed by atoms with Gasteiger partial charge in [0.2, 0.25) is 0 Å². The SMILES string of the molecule is Cc1ccc(C2C(N)=NC(=O)N2C(C)C)c(C)c1. The van der Waals surface area contributed by atoms with Crippen molar-refractivity contribution in [3.63, 3.8) is 0 Å². The minimum Gasteiger partial charge on any atom is -0.385 e. The number of hydrogen-bond donors (Lipinski definition) is 1. The van der Waals surface area contributed by atoms with Gasteiger partial charge in [-0.25, -0.2) is 4.79 Å². The molecule has 1 atom stereocenters. The highest BCUT2D eigenvalue weighted by Crippen LogP contribution is 2.31. The van der Waals surface area contributed by atoms with Gasteiger partial charge in [0.05, 0.1) is 0 Å². The van der Waals surface area contributed by atoms with Gasteiger partial charge in [0, 0.05) is 6.04 Å². The second-order valence-corrected chi connectivity index (χ2v) is 5.08. The van der Waals surface area contributed by atoms with Crippen LogP contribution in [0.1, 0.15) is 36.6 Å². The zero-order valence-corrected chi connectivity index (χ0v) is 11.3. The van der Waals surface area contributed by atoms with E-state index in [9.17, 15) is 4.79 Å². The van der Waals surface area contributed by atoms with Gasteiger partial charge in [-0.05, 0) is 38.8 Å². The molecule has 2 rings (SSSR count). The van der Waals surface area contributed by atoms with Crippen LogP contribution in [0.3, 0.4) is 0 Å². The molecule has 1 aromatic carbocycles. The van der Waals surface area contributed by atoms with E-state index in [1.165, 1.54) is 5.56 Å². The molecule has 0 spiro atoms. The van der Waals surface area contributed by atoms with Crippen molar-refractivity contribution in [1.82, 2.24) is 4.90 Å². The molecule has 0 aromatic heterocycles. The molecule has 0 saturated carbocycles. The molecular weight excluding hydrogens is 226 g/mol. The summed E-state index contributed by atoms with van der Waals surface area (Å²) in [7, 11) is 0. The first-order valence-electron chi connectivity index (χ1n) is 6.15. The maximum Gasteiger partial charge on any atom is 0.346 e. The van der Waals surface area contributed by atoms with Crippen LogP contribution in [0, 0.1) is 13.8 Å². The van der Waals surface area contributed by atoms with Crippen molar-refractivity contribution in [3.8, 4) is 0 Å². The lowest BCUT2D eigenvalue weighted by Gasteiger charge is -2.29. The van der Waals surface area contributed by atoms with Gasteiger partial charge in [-0.15, -0.1) is 0 Å². The average Bonchev–Trinajstić information content (AvgIpc) is 2.53. The Hall–Kier alpha value is -1.84. The topological polar surface area (TPSA) is 58.7 Å². The standard InChI is InChI=1S/C14H19N3O/c1-8(2)17-12(13(15)16-14(17)18)11-6-5-9(3)7-10(11)4/h5-8,12H,1-4H3,(H2,15,16,18). The third kappa shape index (κ3) is 1.98. The quantitative estimate of drug-likeness (QED) is 0.870. The van der Waals surface area contributed by atoms with Crippen molar-refractivity contribution in [3.05, 3.63) is 34.9 Å². The third-order valence-corrected chi connectivity index (χ3v) is 3.28. The van der Waals surface area contributed by atoms with Crippen LogP contribution in [0.4, 0.5) is 4.79 Å². The summed E-state index contributed by atoms with van der Waals surface area (Å²) in [6.45, 7) is 8.04. The number of nitrogens with two attached hydrogens (primary N) is 1. The lowest BCUT2D eigenvalue weighted by atomic mass is 9.97. The van der Waals surface area contributed by atoms with Crippen LogP contribution in [0.15, 0.2) is 23.2 Å². The molecule has 1 aliphatic heterocycles. The molecule has 2 N–H and O–H groups in total. The number of urea groups is 1. The number of amidine groups is 1. The van der Waals surface area contributed by atoms with E-state index >= 15 is 0 Å². The first-order valence-corrected chi connectivity index (χ1v) is 6.15. The molecule has 1 aliphatic rings. The number of aryl methyl sites for hydroxylation is 2. The van der Waals surface area contributed by atoms with Crippen molar-refractivity contribution in [2.75, 3.05) is 0 Å². The van der Waals surface area contributed by atoms with E-state index in [2.05, 4.69) is 11.1 Å². The smallest absolute Gasteiger partial charge is 0.346 e. The van der Waals surface area contributed by atoms with E-state index in [1.54, 1.807) is 4.90 Å². The van der Waals surface area contributed by atoms with Crippen LogP contribution in [-0.4, -0.2) is 22.8 Å². The number of amides is 2. The van der Waals surface area contributed by atoms with Crippen molar-refractivity contribution in [2.24, 2.45) is 10.7 Å². The van der Waals surface area contributed by atoms with E-state index in [4.69, 9.17) is 5.73 Å². The minimum atomic E-state index is -0.243. The van der Waals surface area contributed by atoms with Gasteiger partial charge in [-0.1, -0.05) is 23.8 Å². The Kier molecular flexibility index (Phi) is 3.11. The van der Waals surface area contributed by atoms with E-state index < -0.39 is 0 Å². The summed E-state index contributed by atoms with van der Waals surface area (Å²) in [5.41, 5.74) is 9.32. The van der Waals surface area contributed by atoms with Crippen molar-refractivity contribution in [1.29, 1.82) is 0 Å². The number of carbonyl (C=O) groups excluding carboxylic acids is 1. The van der Waals surface area contributed by atoms with Gasteiger partial charge >= 0.3 is 6.03 Å². The Morgan fingerprint density at radius 2 is 2.00 bits per heavy atom. The lowest BCUT2D eigenvalue weighted by molar-refractivity contribution is 0.190. The molecule has 0 fully saturated rings. The van der Waals surface area contributed by atoms with Crippen LogP contribution >= 0.6 is 0 Å². The van der Waals surface area contributed by atoms with Crippen LogP contribution < -0.4 is 5.73 Å². The molecule has 0 saturated heterocycles. The summed E-state index contributed by atoms with van der Waals surface area (Å²) in [5.74, 6) is 0.389. The molecule has 0 radical (unpaired) electrons. The minimum absolute atomic E-state index is 0.0769. The van der Waals surface area contributed by atoms with Gasteiger partial charge in [0.15, 0.2) is 0 Å². The average molecular weight is 245 g/mol. The molecule has 1 unspecified atom stereocenters. The fraction of sp³-hybridized carbons (Fsp3) is 0.429. The van der Waals surface area contributed by atoms with Gasteiger partial charge in [-0.3, -0.25) is 0 Å². The third-order valence-electron chi connectivity index (χ3n) is 3.28. The Bertz CT molecular complexity index is 520. The highest BCUT2D eigenvalue weighted by atomic mass is 16.2. The van der Waals surface area contributed by atoms with Crippen LogP contribution in [-0.2, 0) is 0 Å². The fourth-order valence-electron chi connectivity index (χ4n) is 2.44. The zero-order valence-electron chi connectivity index (χ0n) is 11.3. The first-order chi connectivity index (χ1) is 8.41. The zero-order chi connectivity index (χ0) is 13.4. The highest BCUT2D eigenvalue weighted by Gasteiger charge is 2.36. The highest BCUT2D eigenvalue weighted by molar-refractivity contribution is 6.03. The predicted octanol–water partition coefficient (Wildman–Crippen LogP) is 2.55. The number of nitrogens with zero attached hydrogens (tertiary/aromatic N) is 2. The first kappa shape index (κ1) is 12.6. The number of carbonyl (C=O) groups is 1. The summed E-state index contributed by atoms with van der Waals surface area (Å²) in [6, 6.07) is 5.78. The monoisotopic (exact) mass is 245 g/mol. The molecule has 2 amide bonds. The van der Waals surface area contributed by atoms with E-state index in [0.717, 1.165) is 11.1 Å². The summed E-state index contributed by atoms with van der Waals surface area (Å²) in [5, 5.41) is 0.